The molecule has 0 spiro atoms. The Bertz CT molecular complexity index is 534. The molecule has 2 N–H and O–H groups in total. The van der Waals surface area contributed by atoms with Gasteiger partial charge in [0.05, 0.1) is 0 Å². The third kappa shape index (κ3) is 3.57. The monoisotopic (exact) mass is 275 g/mol. The Morgan fingerprint density at radius 1 is 1.25 bits per heavy atom. The summed E-state index contributed by atoms with van der Waals surface area (Å²) < 4.78 is 10.7. The quantitative estimate of drug-likeness (QED) is 0.876. The second kappa shape index (κ2) is 6.52. The molecule has 108 valence electrons. The van der Waals surface area contributed by atoms with E-state index in [1.54, 1.807) is 0 Å². The van der Waals surface area contributed by atoms with Crippen molar-refractivity contribution < 1.29 is 9.26 Å². The molecule has 2 rings (SSSR count). The van der Waals surface area contributed by atoms with Crippen molar-refractivity contribution in [3.05, 3.63) is 41.5 Å². The third-order valence-corrected chi connectivity index (χ3v) is 3.11. The van der Waals surface area contributed by atoms with Gasteiger partial charge in [-0.15, -0.1) is 0 Å². The molecule has 5 heteroatoms. The molecule has 0 radical (unpaired) electrons. The fourth-order valence-electron chi connectivity index (χ4n) is 1.75. The van der Waals surface area contributed by atoms with Crippen LogP contribution in [0.15, 0.2) is 28.8 Å². The van der Waals surface area contributed by atoms with Crippen LogP contribution >= 0.6 is 0 Å². The number of aromatic nitrogens is 2. The maximum Gasteiger partial charge on any atom is 0.264 e. The first-order valence-electron chi connectivity index (χ1n) is 6.91. The minimum Gasteiger partial charge on any atom is -0.484 e. The summed E-state index contributed by atoms with van der Waals surface area (Å²) in [4.78, 5) is 4.26. The lowest BCUT2D eigenvalue weighted by Crippen LogP contribution is -2.08. The predicted molar refractivity (Wildman–Crippen MR) is 76.4 cm³/mol. The van der Waals surface area contributed by atoms with Gasteiger partial charge in [-0.25, -0.2) is 0 Å². The lowest BCUT2D eigenvalue weighted by atomic mass is 10.1. The minimum atomic E-state index is 0.0774. The number of ether oxygens (including phenoxy) is 1. The minimum absolute atomic E-state index is 0.0774. The number of benzene rings is 1. The van der Waals surface area contributed by atoms with E-state index in [-0.39, 0.29) is 18.6 Å². The molecule has 5 nitrogen and oxygen atoms in total. The molecule has 0 saturated heterocycles. The van der Waals surface area contributed by atoms with E-state index in [2.05, 4.69) is 17.1 Å². The molecule has 0 aliphatic rings. The highest BCUT2D eigenvalue weighted by Gasteiger charge is 2.10. The van der Waals surface area contributed by atoms with Crippen LogP contribution in [0.2, 0.25) is 0 Å². The largest absolute Gasteiger partial charge is 0.484 e. The van der Waals surface area contributed by atoms with Crippen LogP contribution in [0.25, 0.3) is 0 Å². The summed E-state index contributed by atoms with van der Waals surface area (Å²) in [5.74, 6) is 2.21. The Kier molecular flexibility index (Phi) is 4.74. The molecular weight excluding hydrogens is 254 g/mol. The highest BCUT2D eigenvalue weighted by atomic mass is 16.5. The fourth-order valence-corrected chi connectivity index (χ4v) is 1.75. The van der Waals surface area contributed by atoms with E-state index in [1.165, 1.54) is 0 Å². The molecule has 1 aromatic carbocycles. The zero-order chi connectivity index (χ0) is 14.5. The maximum absolute atomic E-state index is 5.97. The Balaban J connectivity index is 1.93. The zero-order valence-electron chi connectivity index (χ0n) is 12.2. The van der Waals surface area contributed by atoms with Crippen LogP contribution in [0.5, 0.6) is 5.75 Å². The van der Waals surface area contributed by atoms with Gasteiger partial charge >= 0.3 is 0 Å². The van der Waals surface area contributed by atoms with Gasteiger partial charge in [-0.3, -0.25) is 0 Å². The standard InChI is InChI=1S/C15H21N3O2/c1-4-13(16)11-5-7-12(8-6-11)19-9-14-17-15(10(2)3)18-20-14/h5-8,10,13H,4,9,16H2,1-3H3/t13-/m1/s1. The highest BCUT2D eigenvalue weighted by Crippen LogP contribution is 2.19. The number of hydrogen-bond donors (Lipinski definition) is 1. The van der Waals surface area contributed by atoms with Crippen molar-refractivity contribution in [3.8, 4) is 5.75 Å². The van der Waals surface area contributed by atoms with Crippen molar-refractivity contribution in [1.29, 1.82) is 0 Å². The van der Waals surface area contributed by atoms with Crippen LogP contribution < -0.4 is 10.5 Å². The average Bonchev–Trinajstić information content (AvgIpc) is 2.94. The van der Waals surface area contributed by atoms with E-state index in [1.807, 2.05) is 38.1 Å². The van der Waals surface area contributed by atoms with Gasteiger partial charge < -0.3 is 15.0 Å². The predicted octanol–water partition coefficient (Wildman–Crippen LogP) is 3.18. The maximum atomic E-state index is 5.97. The van der Waals surface area contributed by atoms with Crippen molar-refractivity contribution in [2.45, 2.75) is 45.8 Å². The van der Waals surface area contributed by atoms with Gasteiger partial charge in [0, 0.05) is 12.0 Å². The Hall–Kier alpha value is -1.88. The number of nitrogens with zero attached hydrogens (tertiary/aromatic N) is 2. The lowest BCUT2D eigenvalue weighted by molar-refractivity contribution is 0.242. The van der Waals surface area contributed by atoms with E-state index in [0.29, 0.717) is 11.7 Å². The van der Waals surface area contributed by atoms with E-state index in [4.69, 9.17) is 15.0 Å². The van der Waals surface area contributed by atoms with Gasteiger partial charge in [-0.05, 0) is 24.1 Å². The summed E-state index contributed by atoms with van der Waals surface area (Å²) in [5, 5.41) is 3.89. The van der Waals surface area contributed by atoms with E-state index < -0.39 is 0 Å². The molecule has 0 saturated carbocycles. The lowest BCUT2D eigenvalue weighted by Gasteiger charge is -2.10. The van der Waals surface area contributed by atoms with Gasteiger partial charge in [-0.1, -0.05) is 38.1 Å². The van der Waals surface area contributed by atoms with Crippen LogP contribution in [0.1, 0.15) is 56.4 Å². The van der Waals surface area contributed by atoms with Crippen LogP contribution in [0.4, 0.5) is 0 Å². The number of nitrogens with two attached hydrogens (primary N) is 1. The molecule has 1 aromatic heterocycles. The molecule has 20 heavy (non-hydrogen) atoms. The SMILES string of the molecule is CC[C@@H](N)c1ccc(OCc2nc(C(C)C)no2)cc1. The second-order valence-electron chi connectivity index (χ2n) is 5.07. The average molecular weight is 275 g/mol. The van der Waals surface area contributed by atoms with Crippen molar-refractivity contribution >= 4 is 0 Å². The van der Waals surface area contributed by atoms with Crippen molar-refractivity contribution in [3.63, 3.8) is 0 Å². The molecule has 1 atom stereocenters. The van der Waals surface area contributed by atoms with Crippen molar-refractivity contribution in [2.24, 2.45) is 5.73 Å². The topological polar surface area (TPSA) is 74.2 Å². The molecule has 2 aromatic rings. The first-order chi connectivity index (χ1) is 9.60. The van der Waals surface area contributed by atoms with Crippen LogP contribution in [0, 0.1) is 0 Å². The Morgan fingerprint density at radius 3 is 2.50 bits per heavy atom. The molecule has 0 fully saturated rings. The fraction of sp³-hybridized carbons (Fsp3) is 0.467. The molecule has 0 amide bonds. The first kappa shape index (κ1) is 14.5. The summed E-state index contributed by atoms with van der Waals surface area (Å²) in [6.45, 7) is 6.38. The van der Waals surface area contributed by atoms with Gasteiger partial charge in [0.1, 0.15) is 5.75 Å². The number of hydrogen-bond acceptors (Lipinski definition) is 5. The van der Waals surface area contributed by atoms with E-state index in [9.17, 15) is 0 Å². The van der Waals surface area contributed by atoms with Crippen LogP contribution in [0.3, 0.4) is 0 Å². The summed E-state index contributed by atoms with van der Waals surface area (Å²) in [6, 6.07) is 7.86. The first-order valence-corrected chi connectivity index (χ1v) is 6.91. The highest BCUT2D eigenvalue weighted by molar-refractivity contribution is 5.29. The summed E-state index contributed by atoms with van der Waals surface area (Å²) in [7, 11) is 0. The van der Waals surface area contributed by atoms with Gasteiger partial charge in [0.25, 0.3) is 5.89 Å². The molecule has 1 heterocycles. The van der Waals surface area contributed by atoms with Crippen molar-refractivity contribution in [1.82, 2.24) is 10.1 Å². The summed E-state index contributed by atoms with van der Waals surface area (Å²) in [6.07, 6.45) is 0.917. The second-order valence-corrected chi connectivity index (χ2v) is 5.07. The van der Waals surface area contributed by atoms with Gasteiger partial charge in [0.2, 0.25) is 0 Å². The van der Waals surface area contributed by atoms with Crippen molar-refractivity contribution in [2.75, 3.05) is 0 Å². The number of rotatable bonds is 6. The molecule has 0 unspecified atom stereocenters. The summed E-state index contributed by atoms with van der Waals surface area (Å²) in [5.41, 5.74) is 7.08. The molecule has 0 aliphatic heterocycles. The van der Waals surface area contributed by atoms with E-state index >= 15 is 0 Å². The molecule has 0 aliphatic carbocycles. The zero-order valence-corrected chi connectivity index (χ0v) is 12.2. The van der Waals surface area contributed by atoms with Crippen LogP contribution in [-0.4, -0.2) is 10.1 Å². The normalized spacial score (nSPS) is 12.7. The van der Waals surface area contributed by atoms with E-state index in [0.717, 1.165) is 17.7 Å². The Labute approximate surface area is 119 Å². The summed E-state index contributed by atoms with van der Waals surface area (Å²) >= 11 is 0. The Morgan fingerprint density at radius 2 is 1.95 bits per heavy atom. The van der Waals surface area contributed by atoms with Gasteiger partial charge in [-0.2, -0.15) is 4.98 Å². The van der Waals surface area contributed by atoms with Gasteiger partial charge in [0.15, 0.2) is 12.4 Å². The third-order valence-electron chi connectivity index (χ3n) is 3.11. The smallest absolute Gasteiger partial charge is 0.264 e. The molecule has 0 bridgehead atoms. The van der Waals surface area contributed by atoms with Crippen LogP contribution in [-0.2, 0) is 6.61 Å². The molecular formula is C15H21N3O2.